The van der Waals surface area contributed by atoms with Gasteiger partial charge in [0.15, 0.2) is 17.1 Å². The number of ketones is 2. The number of amides is 2. The lowest BCUT2D eigenvalue weighted by Crippen LogP contribution is -2.68. The average molecular weight is 719 g/mol. The molecule has 228 valence electrons. The number of likely N-dealkylation sites (N-methyl/N-ethyl adjacent to an activating group) is 1. The number of carboxylic acids is 1. The van der Waals surface area contributed by atoms with Gasteiger partial charge in [0.2, 0.25) is 11.7 Å². The Morgan fingerprint density at radius 1 is 1.17 bits per heavy atom. The summed E-state index contributed by atoms with van der Waals surface area (Å²) in [5.41, 5.74) is 0.194. The van der Waals surface area contributed by atoms with Crippen LogP contribution in [0.1, 0.15) is 35.2 Å². The summed E-state index contributed by atoms with van der Waals surface area (Å²) in [5.74, 6) is -12.5. The molecule has 3 aliphatic carbocycles. The van der Waals surface area contributed by atoms with Crippen LogP contribution in [0.2, 0.25) is 0 Å². The van der Waals surface area contributed by atoms with Crippen LogP contribution < -0.4 is 11.1 Å². The maximum Gasteiger partial charge on any atom is 0.305 e. The minimum absolute atomic E-state index is 0. The van der Waals surface area contributed by atoms with E-state index in [2.05, 4.69) is 21.2 Å². The van der Waals surface area contributed by atoms with Crippen LogP contribution in [-0.4, -0.2) is 102 Å². The van der Waals surface area contributed by atoms with Crippen molar-refractivity contribution in [2.24, 2.45) is 17.6 Å². The number of carbonyl (C=O) groups is 5. The van der Waals surface area contributed by atoms with Gasteiger partial charge in [-0.05, 0) is 31.6 Å². The number of nitrogens with one attached hydrogen (secondary N) is 1. The summed E-state index contributed by atoms with van der Waals surface area (Å²) in [6.07, 6.45) is -2.31. The molecule has 4 rings (SSSR count). The highest BCUT2D eigenvalue weighted by Crippen LogP contribution is 2.56. The standard InChI is InChI=1S/C26H28BrN3O11.BrH/c1-7-8-4-5-10(29-25(40)9(27)6-11(31)32)18(33)13(8)19(34)14-12(7)20(35)16-17(30(2)3)21(36)15(24(28)39)23(38)26(16,41)22(14)37;/h4-5,7,9,12,16-17,20,33,35-37,41H,6H2,1-3H3,(H2,28,39)(H,29,40)(H,31,32);1H/t7?,9-,12?,16?,17?,20?,26?;/m0./s1. The van der Waals surface area contributed by atoms with Gasteiger partial charge >= 0.3 is 5.97 Å². The highest BCUT2D eigenvalue weighted by atomic mass is 79.9. The first-order valence-corrected chi connectivity index (χ1v) is 13.2. The Balaban J connectivity index is 0.00000484. The van der Waals surface area contributed by atoms with E-state index < -0.39 is 110 Å². The summed E-state index contributed by atoms with van der Waals surface area (Å²) in [6, 6.07) is 1.29. The van der Waals surface area contributed by atoms with E-state index in [0.29, 0.717) is 0 Å². The highest BCUT2D eigenvalue weighted by molar-refractivity contribution is 9.10. The third-order valence-electron chi connectivity index (χ3n) is 8.03. The van der Waals surface area contributed by atoms with Crippen molar-refractivity contribution in [3.05, 3.63) is 45.9 Å². The summed E-state index contributed by atoms with van der Waals surface area (Å²) >= 11 is 2.93. The number of hydrogen-bond acceptors (Lipinski definition) is 11. The molecule has 0 bridgehead atoms. The Morgan fingerprint density at radius 3 is 2.29 bits per heavy atom. The molecule has 3 aliphatic rings. The summed E-state index contributed by atoms with van der Waals surface area (Å²) in [4.78, 5) is 62.9. The van der Waals surface area contributed by atoms with Crippen molar-refractivity contribution in [3.63, 3.8) is 0 Å². The van der Waals surface area contributed by atoms with Gasteiger partial charge in [-0.1, -0.05) is 28.9 Å². The molecule has 42 heavy (non-hydrogen) atoms. The van der Waals surface area contributed by atoms with Gasteiger partial charge in [0.1, 0.15) is 21.9 Å². The average Bonchev–Trinajstić information content (AvgIpc) is 2.86. The zero-order valence-electron chi connectivity index (χ0n) is 22.4. The van der Waals surface area contributed by atoms with Crippen molar-refractivity contribution in [1.82, 2.24) is 4.90 Å². The number of aromatic hydroxyl groups is 1. The van der Waals surface area contributed by atoms with Gasteiger partial charge in [-0.25, -0.2) is 0 Å². The van der Waals surface area contributed by atoms with Crippen molar-refractivity contribution < 1.29 is 54.6 Å². The van der Waals surface area contributed by atoms with Crippen LogP contribution in [0, 0.1) is 11.8 Å². The van der Waals surface area contributed by atoms with Gasteiger partial charge in [0.05, 0.1) is 35.7 Å². The maximum absolute atomic E-state index is 13.8. The second-order valence-electron chi connectivity index (χ2n) is 10.5. The van der Waals surface area contributed by atoms with E-state index in [4.69, 9.17) is 10.8 Å². The summed E-state index contributed by atoms with van der Waals surface area (Å²) < 4.78 is 0. The molecule has 0 heterocycles. The molecule has 0 aliphatic heterocycles. The van der Waals surface area contributed by atoms with Crippen molar-refractivity contribution >= 4 is 67.9 Å². The van der Waals surface area contributed by atoms with E-state index in [1.165, 1.54) is 31.1 Å². The summed E-state index contributed by atoms with van der Waals surface area (Å²) in [7, 11) is 2.87. The number of phenolic OH excluding ortho intramolecular Hbond substituents is 1. The lowest BCUT2D eigenvalue weighted by atomic mass is 9.55. The Morgan fingerprint density at radius 2 is 1.76 bits per heavy atom. The summed E-state index contributed by atoms with van der Waals surface area (Å²) in [6.45, 7) is 1.57. The lowest BCUT2D eigenvalue weighted by molar-refractivity contribution is -0.162. The fraction of sp³-hybridized carbons (Fsp3) is 0.423. The number of hydrogen-bond donors (Lipinski definition) is 8. The van der Waals surface area contributed by atoms with Gasteiger partial charge in [0.25, 0.3) is 5.91 Å². The number of fused-ring (bicyclic) bond motifs is 3. The first-order chi connectivity index (χ1) is 19.0. The van der Waals surface area contributed by atoms with Gasteiger partial charge in [0, 0.05) is 11.5 Å². The number of carbonyl (C=O) groups excluding carboxylic acids is 4. The third-order valence-corrected chi connectivity index (χ3v) is 8.77. The third kappa shape index (κ3) is 4.70. The van der Waals surface area contributed by atoms with Crippen LogP contribution in [-0.2, 0) is 19.2 Å². The molecule has 0 radical (unpaired) electrons. The zero-order valence-corrected chi connectivity index (χ0v) is 25.7. The molecule has 1 aromatic rings. The van der Waals surface area contributed by atoms with E-state index in [0.717, 1.165) is 0 Å². The van der Waals surface area contributed by atoms with E-state index in [1.54, 1.807) is 6.92 Å². The number of alkyl halides is 1. The largest absolute Gasteiger partial charge is 0.510 e. The number of aliphatic hydroxyl groups is 4. The number of Topliss-reactive ketones (excluding diaryl/α,β-unsaturated/α-hetero) is 2. The predicted molar refractivity (Wildman–Crippen MR) is 154 cm³/mol. The fourth-order valence-electron chi connectivity index (χ4n) is 6.18. The van der Waals surface area contributed by atoms with Crippen LogP contribution in [0.5, 0.6) is 5.75 Å². The number of halogens is 2. The molecule has 6 unspecified atom stereocenters. The minimum Gasteiger partial charge on any atom is -0.510 e. The smallest absolute Gasteiger partial charge is 0.305 e. The number of aliphatic hydroxyl groups excluding tert-OH is 3. The van der Waals surface area contributed by atoms with Crippen LogP contribution in [0.4, 0.5) is 5.69 Å². The molecule has 1 aromatic carbocycles. The van der Waals surface area contributed by atoms with Gasteiger partial charge in [-0.15, -0.1) is 17.0 Å². The Hall–Kier alpha value is -3.31. The molecule has 0 fully saturated rings. The molecule has 0 aromatic heterocycles. The Bertz CT molecular complexity index is 1470. The number of nitrogens with zero attached hydrogens (tertiary/aromatic N) is 1. The van der Waals surface area contributed by atoms with Crippen LogP contribution in [0.25, 0.3) is 0 Å². The zero-order chi connectivity index (χ0) is 30.9. The van der Waals surface area contributed by atoms with Crippen LogP contribution in [0.15, 0.2) is 34.8 Å². The van der Waals surface area contributed by atoms with Crippen molar-refractivity contribution in [1.29, 1.82) is 0 Å². The number of primary amides is 1. The number of anilines is 1. The topological polar surface area (TPSA) is 248 Å². The Kier molecular flexibility index (Phi) is 9.02. The summed E-state index contributed by atoms with van der Waals surface area (Å²) in [5, 5.41) is 67.8. The van der Waals surface area contributed by atoms with Crippen LogP contribution >= 0.6 is 32.9 Å². The number of phenols is 1. The van der Waals surface area contributed by atoms with Crippen LogP contribution in [0.3, 0.4) is 0 Å². The molecule has 0 saturated carbocycles. The first-order valence-electron chi connectivity index (χ1n) is 12.3. The molecule has 14 nitrogen and oxygen atoms in total. The number of carboxylic acid groups (broad SMARTS) is 1. The monoisotopic (exact) mass is 717 g/mol. The SMILES string of the molecule is Br.CC1c2ccc(NC(=O)[C@@H](Br)CC(=O)O)c(O)c2C(=O)C2=C(O)C3(O)C(=O)C(C(N)=O)=C(O)C(N(C)C)C3C(O)C21. The number of rotatable bonds is 6. The van der Waals surface area contributed by atoms with E-state index in [1.807, 2.05) is 0 Å². The van der Waals surface area contributed by atoms with Crippen molar-refractivity contribution in [3.8, 4) is 5.75 Å². The van der Waals surface area contributed by atoms with Crippen molar-refractivity contribution in [2.75, 3.05) is 19.4 Å². The normalized spacial score (nSPS) is 29.3. The van der Waals surface area contributed by atoms with E-state index >= 15 is 0 Å². The number of nitrogens with two attached hydrogens (primary N) is 1. The first kappa shape index (κ1) is 33.2. The minimum atomic E-state index is -3.05. The molecule has 7 atom stereocenters. The van der Waals surface area contributed by atoms with Gasteiger partial charge < -0.3 is 41.7 Å². The molecular weight excluding hydrogens is 690 g/mol. The van der Waals surface area contributed by atoms with Gasteiger partial charge in [-0.3, -0.25) is 28.9 Å². The van der Waals surface area contributed by atoms with Crippen molar-refractivity contribution in [2.45, 2.75) is 41.8 Å². The maximum atomic E-state index is 13.8. The molecule has 2 amide bonds. The second-order valence-corrected chi connectivity index (χ2v) is 11.6. The van der Waals surface area contributed by atoms with E-state index in [9.17, 15) is 49.5 Å². The van der Waals surface area contributed by atoms with E-state index in [-0.39, 0.29) is 28.2 Å². The number of aliphatic carboxylic acids is 1. The number of benzene rings is 1. The Labute approximate surface area is 257 Å². The quantitative estimate of drug-likeness (QED) is 0.113. The lowest BCUT2D eigenvalue weighted by Gasteiger charge is -2.53. The second kappa shape index (κ2) is 11.4. The highest BCUT2D eigenvalue weighted by Gasteiger charge is 2.67. The van der Waals surface area contributed by atoms with Gasteiger partial charge in [-0.2, -0.15) is 0 Å². The molecular formula is C26H29Br2N3O11. The molecule has 9 N–H and O–H groups in total. The fourth-order valence-corrected chi connectivity index (χ4v) is 6.57. The molecule has 0 spiro atoms. The molecule has 0 saturated heterocycles. The predicted octanol–water partition coefficient (Wildman–Crippen LogP) is 0.407. The molecule has 16 heteroatoms.